The lowest BCUT2D eigenvalue weighted by molar-refractivity contribution is -0.134. The van der Waals surface area contributed by atoms with Crippen LogP contribution in [0.4, 0.5) is 9.18 Å². The lowest BCUT2D eigenvalue weighted by Crippen LogP contribution is -2.51. The molecule has 2 aromatic heterocycles. The first-order valence-electron chi connectivity index (χ1n) is 26.6. The minimum absolute atomic E-state index is 0.00377. The zero-order valence-electron chi connectivity index (χ0n) is 43.5. The fourth-order valence-electron chi connectivity index (χ4n) is 10.4. The highest BCUT2D eigenvalue weighted by molar-refractivity contribution is 5.95. The molecule has 1 aliphatic heterocycles. The summed E-state index contributed by atoms with van der Waals surface area (Å²) in [5.41, 5.74) is 5.92. The lowest BCUT2D eigenvalue weighted by atomic mass is 9.79. The van der Waals surface area contributed by atoms with E-state index in [-0.39, 0.29) is 68.2 Å². The Morgan fingerprint density at radius 2 is 1.57 bits per heavy atom. The summed E-state index contributed by atoms with van der Waals surface area (Å²) in [5, 5.41) is 17.7. The molecular formula is C58H66FN9O8. The number of carbonyl (C=O) groups excluding carboxylic acids is 5. The van der Waals surface area contributed by atoms with Crippen molar-refractivity contribution in [1.82, 2.24) is 44.8 Å². The highest BCUT2D eigenvalue weighted by Crippen LogP contribution is 2.42. The molecular weight excluding hydrogens is 970 g/mol. The fraction of sp³-hybridized carbons (Fsp3) is 0.431. The Kier molecular flexibility index (Phi) is 17.1. The molecule has 6 aromatic rings. The Hall–Kier alpha value is -7.60. The van der Waals surface area contributed by atoms with Gasteiger partial charge in [-0.2, -0.15) is 5.10 Å². The van der Waals surface area contributed by atoms with E-state index in [1.54, 1.807) is 47.2 Å². The maximum Gasteiger partial charge on any atom is 0.411 e. The van der Waals surface area contributed by atoms with Gasteiger partial charge in [0.2, 0.25) is 11.8 Å². The number of halogens is 1. The zero-order valence-corrected chi connectivity index (χ0v) is 43.5. The van der Waals surface area contributed by atoms with E-state index in [4.69, 9.17) is 19.7 Å². The number of Topliss-reactive ketones (excluding diaryl/α,β-unsaturated/α-hetero) is 1. The average molecular weight is 1040 g/mol. The molecule has 2 fully saturated rings. The third-order valence-electron chi connectivity index (χ3n) is 14.9. The van der Waals surface area contributed by atoms with Gasteiger partial charge in [0, 0.05) is 101 Å². The van der Waals surface area contributed by atoms with Gasteiger partial charge in [0.15, 0.2) is 0 Å². The van der Waals surface area contributed by atoms with E-state index in [0.717, 1.165) is 65.7 Å². The lowest BCUT2D eigenvalue weighted by Gasteiger charge is -2.35. The van der Waals surface area contributed by atoms with Crippen molar-refractivity contribution in [2.24, 2.45) is 5.92 Å². The first-order valence-corrected chi connectivity index (χ1v) is 26.6. The van der Waals surface area contributed by atoms with Crippen LogP contribution in [0.5, 0.6) is 0 Å². The van der Waals surface area contributed by atoms with Crippen molar-refractivity contribution in [3.63, 3.8) is 0 Å². The molecule has 1 saturated carbocycles. The van der Waals surface area contributed by atoms with Crippen LogP contribution in [0.1, 0.15) is 103 Å². The summed E-state index contributed by atoms with van der Waals surface area (Å²) in [6, 6.07) is 27.3. The minimum atomic E-state index is -0.651. The van der Waals surface area contributed by atoms with Crippen molar-refractivity contribution in [2.45, 2.75) is 103 Å². The predicted octanol–water partition coefficient (Wildman–Crippen LogP) is 7.56. The number of amides is 4. The van der Waals surface area contributed by atoms with Crippen molar-refractivity contribution in [1.29, 1.82) is 0 Å². The molecule has 0 radical (unpaired) electrons. The molecule has 1 N–H and O–H groups in total. The molecule has 2 atom stereocenters. The van der Waals surface area contributed by atoms with Crippen LogP contribution in [-0.4, -0.2) is 129 Å². The highest BCUT2D eigenvalue weighted by Gasteiger charge is 2.36. The molecule has 76 heavy (non-hydrogen) atoms. The molecule has 18 heteroatoms. The molecule has 9 rings (SSSR count). The van der Waals surface area contributed by atoms with Crippen LogP contribution in [0.25, 0.3) is 33.3 Å². The number of hydrogen-bond acceptors (Lipinski definition) is 11. The summed E-state index contributed by atoms with van der Waals surface area (Å²) in [6.07, 6.45) is 5.16. The van der Waals surface area contributed by atoms with Gasteiger partial charge in [-0.25, -0.2) is 18.5 Å². The van der Waals surface area contributed by atoms with E-state index >= 15 is 4.39 Å². The normalized spacial score (nSPS) is 15.4. The average Bonchev–Trinajstić information content (AvgIpc) is 4.22. The Morgan fingerprint density at radius 1 is 0.842 bits per heavy atom. The number of aromatic nitrogens is 5. The number of ether oxygens (including phenoxy) is 2. The smallest absolute Gasteiger partial charge is 0.411 e. The fourth-order valence-corrected chi connectivity index (χ4v) is 10.4. The SMILES string of the molecule is CCC(CCCCCn1nnc2c1-c1ccccc1C(C(=O)CCC(=O)NC)Cc1ccccc1-2)OC(=O)N(CCOC)Cn1nc(Cc2ccc(F)c(C(=O)N3CCN(C(=O)C4CC4)CC3)c2)c2ccccc2c1=O. The zero-order chi connectivity index (χ0) is 53.3. The number of carbonyl (C=O) groups is 5. The number of nitrogens with one attached hydrogen (secondary N) is 1. The van der Waals surface area contributed by atoms with Crippen molar-refractivity contribution in [2.75, 3.05) is 53.5 Å². The maximum atomic E-state index is 15.4. The predicted molar refractivity (Wildman–Crippen MR) is 284 cm³/mol. The van der Waals surface area contributed by atoms with Gasteiger partial charge in [0.25, 0.3) is 11.5 Å². The summed E-state index contributed by atoms with van der Waals surface area (Å²) < 4.78 is 30.0. The number of rotatable bonds is 21. The van der Waals surface area contributed by atoms with Crippen LogP contribution in [0, 0.1) is 11.7 Å². The first-order chi connectivity index (χ1) is 37.0. The van der Waals surface area contributed by atoms with E-state index in [0.29, 0.717) is 74.0 Å². The molecule has 4 amide bonds. The number of unbranched alkanes of at least 4 members (excludes halogenated alkanes) is 2. The van der Waals surface area contributed by atoms with E-state index in [1.165, 1.54) is 28.8 Å². The van der Waals surface area contributed by atoms with Crippen molar-refractivity contribution < 1.29 is 37.8 Å². The number of methoxy groups -OCH3 is 1. The number of piperazine rings is 1. The molecule has 4 aromatic carbocycles. The molecule has 2 aliphatic carbocycles. The summed E-state index contributed by atoms with van der Waals surface area (Å²) >= 11 is 0. The van der Waals surface area contributed by atoms with Crippen molar-refractivity contribution in [3.05, 3.63) is 135 Å². The molecule has 1 saturated heterocycles. The molecule has 17 nitrogen and oxygen atoms in total. The van der Waals surface area contributed by atoms with Crippen LogP contribution >= 0.6 is 0 Å². The monoisotopic (exact) mass is 1040 g/mol. The number of nitrogens with zero attached hydrogens (tertiary/aromatic N) is 8. The number of hydrogen-bond donors (Lipinski definition) is 1. The quantitative estimate of drug-likeness (QED) is 0.0700. The molecule has 398 valence electrons. The largest absolute Gasteiger partial charge is 0.446 e. The Labute approximate surface area is 441 Å². The van der Waals surface area contributed by atoms with Crippen LogP contribution in [0.15, 0.2) is 95.8 Å². The van der Waals surface area contributed by atoms with Crippen molar-refractivity contribution >= 4 is 40.4 Å². The molecule has 0 spiro atoms. The molecule has 0 bridgehead atoms. The Balaban J connectivity index is 0.850. The van der Waals surface area contributed by atoms with E-state index in [1.807, 2.05) is 60.1 Å². The second-order valence-corrected chi connectivity index (χ2v) is 20.0. The second-order valence-electron chi connectivity index (χ2n) is 20.0. The van der Waals surface area contributed by atoms with Crippen molar-refractivity contribution in [3.8, 4) is 22.5 Å². The standard InChI is InChI=1S/C58H66FN9O8/c1-4-41(15-6-5-13-27-67-54-45-19-11-9-17-43(45)47(51(69)25-26-52(70)60-2)36-40-14-7-8-16-42(40)53(54)61-63-67)76-58(74)66(32-33-75-3)37-68-57(73)46-20-12-10-18-44(46)50(62-68)35-38-21-24-49(59)48(34-38)56(72)65-30-28-64(29-31-65)55(71)39-22-23-39/h7-12,14,16-21,24,34,39,41,47H,4-6,13,15,22-23,25-33,35-37H2,1-3H3,(H,60,70). The van der Waals surface area contributed by atoms with Gasteiger partial charge in [-0.1, -0.05) is 91.4 Å². The van der Waals surface area contributed by atoms with Crippen LogP contribution in [-0.2, 0) is 49.9 Å². The molecule has 3 heterocycles. The summed E-state index contributed by atoms with van der Waals surface area (Å²) in [4.78, 5) is 85.2. The third kappa shape index (κ3) is 12.1. The number of benzene rings is 4. The Bertz CT molecular complexity index is 3160. The minimum Gasteiger partial charge on any atom is -0.446 e. The molecule has 3 aliphatic rings. The van der Waals surface area contributed by atoms with Crippen LogP contribution in [0.3, 0.4) is 0 Å². The number of ketones is 1. The summed E-state index contributed by atoms with van der Waals surface area (Å²) in [6.45, 7) is 4.05. The first kappa shape index (κ1) is 53.2. The van der Waals surface area contributed by atoms with E-state index in [9.17, 15) is 28.8 Å². The van der Waals surface area contributed by atoms with Gasteiger partial charge in [0.1, 0.15) is 30.1 Å². The van der Waals surface area contributed by atoms with Gasteiger partial charge in [-0.05, 0) is 79.8 Å². The number of aryl methyl sites for hydroxylation is 1. The summed E-state index contributed by atoms with van der Waals surface area (Å²) in [5.74, 6) is -1.51. The van der Waals surface area contributed by atoms with Gasteiger partial charge < -0.3 is 24.6 Å². The van der Waals surface area contributed by atoms with E-state index < -0.39 is 35.4 Å². The van der Waals surface area contributed by atoms with Gasteiger partial charge in [0.05, 0.1) is 28.9 Å². The number of fused-ring (bicyclic) bond motifs is 6. The van der Waals surface area contributed by atoms with Crippen LogP contribution < -0.4 is 10.9 Å². The summed E-state index contributed by atoms with van der Waals surface area (Å²) in [7, 11) is 3.10. The van der Waals surface area contributed by atoms with Crippen LogP contribution in [0.2, 0.25) is 0 Å². The Morgan fingerprint density at radius 3 is 2.32 bits per heavy atom. The van der Waals surface area contributed by atoms with Gasteiger partial charge in [-0.3, -0.25) is 28.9 Å². The molecule has 2 unspecified atom stereocenters. The highest BCUT2D eigenvalue weighted by atomic mass is 19.1. The third-order valence-corrected chi connectivity index (χ3v) is 14.9. The maximum absolute atomic E-state index is 15.4. The van der Waals surface area contributed by atoms with Gasteiger partial charge >= 0.3 is 6.09 Å². The topological polar surface area (TPSA) is 191 Å². The van der Waals surface area contributed by atoms with E-state index in [2.05, 4.69) is 10.5 Å². The van der Waals surface area contributed by atoms with Gasteiger partial charge in [-0.15, -0.1) is 5.10 Å². The second kappa shape index (κ2) is 24.4.